The first-order chi connectivity index (χ1) is 16.0. The van der Waals surface area contributed by atoms with Gasteiger partial charge < -0.3 is 10.1 Å². The molecule has 1 amide bonds. The minimum Gasteiger partial charge on any atom is -0.405 e. The predicted octanol–water partition coefficient (Wildman–Crippen LogP) is 5.98. The van der Waals surface area contributed by atoms with Gasteiger partial charge in [0.15, 0.2) is 0 Å². The van der Waals surface area contributed by atoms with Gasteiger partial charge in [-0.3, -0.25) is 9.00 Å². The average Bonchev–Trinajstić information content (AvgIpc) is 2.74. The fraction of sp³-hybridized carbons (Fsp3) is 0.174. The minimum atomic E-state index is -5.07. The first kappa shape index (κ1) is 25.3. The Morgan fingerprint density at radius 2 is 1.62 bits per heavy atom. The third-order valence-electron chi connectivity index (χ3n) is 4.61. The van der Waals surface area contributed by atoms with E-state index in [-0.39, 0.29) is 16.1 Å². The molecule has 0 aliphatic heterocycles. The van der Waals surface area contributed by atoms with Crippen LogP contribution in [0.1, 0.15) is 12.5 Å². The van der Waals surface area contributed by atoms with E-state index in [9.17, 15) is 35.3 Å². The van der Waals surface area contributed by atoms with Gasteiger partial charge in [-0.15, -0.1) is 13.2 Å². The molecule has 4 nitrogen and oxygen atoms in total. The van der Waals surface area contributed by atoms with Crippen LogP contribution in [-0.2, 0) is 22.0 Å². The lowest BCUT2D eigenvalue weighted by Crippen LogP contribution is -2.18. The molecule has 3 rings (SSSR count). The Hall–Kier alpha value is -3.34. The van der Waals surface area contributed by atoms with Crippen molar-refractivity contribution < 1.29 is 40.1 Å². The lowest BCUT2D eigenvalue weighted by atomic mass is 10.0. The summed E-state index contributed by atoms with van der Waals surface area (Å²) in [6.45, 7) is 1.67. The molecule has 0 aromatic heterocycles. The van der Waals surface area contributed by atoms with Crippen LogP contribution in [0.25, 0.3) is 11.1 Å². The van der Waals surface area contributed by atoms with Crippen molar-refractivity contribution in [2.24, 2.45) is 0 Å². The van der Waals surface area contributed by atoms with Crippen molar-refractivity contribution in [2.75, 3.05) is 11.1 Å². The quantitative estimate of drug-likeness (QED) is 0.406. The van der Waals surface area contributed by atoms with Crippen molar-refractivity contribution in [3.05, 3.63) is 77.6 Å². The number of anilines is 1. The highest BCUT2D eigenvalue weighted by molar-refractivity contribution is 7.85. The van der Waals surface area contributed by atoms with Gasteiger partial charge in [0.1, 0.15) is 23.2 Å². The van der Waals surface area contributed by atoms with Crippen LogP contribution >= 0.6 is 0 Å². The third kappa shape index (κ3) is 6.16. The lowest BCUT2D eigenvalue weighted by molar-refractivity contribution is -0.274. The Balaban J connectivity index is 1.81. The van der Waals surface area contributed by atoms with E-state index >= 15 is 0 Å². The molecule has 0 spiro atoms. The van der Waals surface area contributed by atoms with Gasteiger partial charge in [0.05, 0.1) is 22.8 Å². The van der Waals surface area contributed by atoms with E-state index < -0.39 is 63.8 Å². The number of carbonyl (C=O) groups excluding carboxylic acids is 1. The van der Waals surface area contributed by atoms with Gasteiger partial charge in [-0.2, -0.15) is 0 Å². The number of carbonyl (C=O) groups is 1. The molecule has 0 aliphatic rings. The van der Waals surface area contributed by atoms with Gasteiger partial charge in [0, 0.05) is 21.9 Å². The summed E-state index contributed by atoms with van der Waals surface area (Å²) in [4.78, 5) is 12.5. The second kappa shape index (κ2) is 10.3. The summed E-state index contributed by atoms with van der Waals surface area (Å²) < 4.78 is 97.1. The standard InChI is InChI=1S/C23H17F6NO3S/c1-2-34(32)15-8-7-13(17(24)12-15)9-21(31)30-14-10-18(25)22(19(26)11-14)16-5-3-4-6-20(16)33-23(27,28)29/h3-8,10-12H,2,9H2,1H3,(H,30,31). The van der Waals surface area contributed by atoms with Crippen LogP contribution in [0.15, 0.2) is 59.5 Å². The van der Waals surface area contributed by atoms with Crippen LogP contribution < -0.4 is 10.1 Å². The third-order valence-corrected chi connectivity index (χ3v) is 5.91. The maximum Gasteiger partial charge on any atom is 0.573 e. The summed E-state index contributed by atoms with van der Waals surface area (Å²) in [7, 11) is -1.38. The SMILES string of the molecule is CCS(=O)c1ccc(CC(=O)Nc2cc(F)c(-c3ccccc3OC(F)(F)F)c(F)c2)c(F)c1. The minimum absolute atomic E-state index is 0.0230. The molecule has 0 radical (unpaired) electrons. The molecule has 3 aromatic carbocycles. The van der Waals surface area contributed by atoms with Crippen molar-refractivity contribution in [3.8, 4) is 16.9 Å². The van der Waals surface area contributed by atoms with Crippen LogP contribution in [0.3, 0.4) is 0 Å². The van der Waals surface area contributed by atoms with Crippen molar-refractivity contribution >= 4 is 22.4 Å². The lowest BCUT2D eigenvalue weighted by Gasteiger charge is -2.15. The molecule has 1 atom stereocenters. The van der Waals surface area contributed by atoms with Crippen LogP contribution in [0.2, 0.25) is 0 Å². The zero-order valence-corrected chi connectivity index (χ0v) is 18.3. The van der Waals surface area contributed by atoms with E-state index in [4.69, 9.17) is 0 Å². The highest BCUT2D eigenvalue weighted by Gasteiger charge is 2.33. The molecular formula is C23H17F6NO3S. The number of para-hydroxylation sites is 1. The zero-order chi connectivity index (χ0) is 25.0. The Morgan fingerprint density at radius 3 is 2.21 bits per heavy atom. The molecule has 11 heteroatoms. The van der Waals surface area contributed by atoms with Crippen molar-refractivity contribution in [1.82, 2.24) is 0 Å². The highest BCUT2D eigenvalue weighted by Crippen LogP contribution is 2.37. The summed E-state index contributed by atoms with van der Waals surface area (Å²) >= 11 is 0. The molecule has 180 valence electrons. The second-order valence-corrected chi connectivity index (χ2v) is 8.71. The molecule has 0 aliphatic carbocycles. The molecule has 3 aromatic rings. The van der Waals surface area contributed by atoms with E-state index in [1.165, 1.54) is 24.3 Å². The average molecular weight is 501 g/mol. The number of hydrogen-bond acceptors (Lipinski definition) is 3. The summed E-state index contributed by atoms with van der Waals surface area (Å²) in [5, 5.41) is 2.22. The fourth-order valence-electron chi connectivity index (χ4n) is 3.15. The maximum atomic E-state index is 14.7. The van der Waals surface area contributed by atoms with Crippen LogP contribution in [0, 0.1) is 17.5 Å². The molecule has 34 heavy (non-hydrogen) atoms. The first-order valence-corrected chi connectivity index (χ1v) is 11.1. The number of rotatable bonds is 7. The Labute approximate surface area is 193 Å². The van der Waals surface area contributed by atoms with Crippen LogP contribution in [0.4, 0.5) is 32.0 Å². The van der Waals surface area contributed by atoms with E-state index in [1.54, 1.807) is 6.92 Å². The number of amides is 1. The van der Waals surface area contributed by atoms with E-state index in [2.05, 4.69) is 10.1 Å². The molecule has 0 fully saturated rings. The highest BCUT2D eigenvalue weighted by atomic mass is 32.2. The van der Waals surface area contributed by atoms with Crippen molar-refractivity contribution in [1.29, 1.82) is 0 Å². The van der Waals surface area contributed by atoms with E-state index in [0.717, 1.165) is 30.3 Å². The predicted molar refractivity (Wildman–Crippen MR) is 114 cm³/mol. The Bertz CT molecular complexity index is 1220. The number of ether oxygens (including phenoxy) is 1. The van der Waals surface area contributed by atoms with Gasteiger partial charge in [-0.05, 0) is 35.9 Å². The molecule has 1 unspecified atom stereocenters. The molecule has 0 saturated carbocycles. The van der Waals surface area contributed by atoms with Crippen molar-refractivity contribution in [2.45, 2.75) is 24.6 Å². The summed E-state index contributed by atoms with van der Waals surface area (Å²) in [5.74, 6) is -4.55. The summed E-state index contributed by atoms with van der Waals surface area (Å²) in [6.07, 6.45) is -5.55. The van der Waals surface area contributed by atoms with Crippen LogP contribution in [0.5, 0.6) is 5.75 Å². The smallest absolute Gasteiger partial charge is 0.405 e. The monoisotopic (exact) mass is 501 g/mol. The normalized spacial score (nSPS) is 12.3. The van der Waals surface area contributed by atoms with Gasteiger partial charge in [-0.25, -0.2) is 13.2 Å². The van der Waals surface area contributed by atoms with E-state index in [0.29, 0.717) is 5.75 Å². The number of hydrogen-bond donors (Lipinski definition) is 1. The number of benzene rings is 3. The second-order valence-electron chi connectivity index (χ2n) is 6.97. The summed E-state index contributed by atoms with van der Waals surface area (Å²) in [5.41, 5.74) is -1.59. The largest absolute Gasteiger partial charge is 0.573 e. The number of alkyl halides is 3. The molecule has 0 saturated heterocycles. The van der Waals surface area contributed by atoms with Gasteiger partial charge in [0.25, 0.3) is 0 Å². The zero-order valence-electron chi connectivity index (χ0n) is 17.5. The van der Waals surface area contributed by atoms with Gasteiger partial charge in [0.2, 0.25) is 5.91 Å². The molecule has 0 heterocycles. The Kier molecular flexibility index (Phi) is 7.65. The Morgan fingerprint density at radius 1 is 0.971 bits per heavy atom. The fourth-order valence-corrected chi connectivity index (χ4v) is 3.94. The van der Waals surface area contributed by atoms with Crippen molar-refractivity contribution in [3.63, 3.8) is 0 Å². The topological polar surface area (TPSA) is 55.4 Å². The van der Waals surface area contributed by atoms with E-state index in [1.807, 2.05) is 0 Å². The molecule has 0 bridgehead atoms. The molecular weight excluding hydrogens is 484 g/mol. The summed E-state index contributed by atoms with van der Waals surface area (Å²) in [6, 6.07) is 9.67. The van der Waals surface area contributed by atoms with Gasteiger partial charge in [-0.1, -0.05) is 31.2 Å². The number of nitrogens with one attached hydrogen (secondary N) is 1. The van der Waals surface area contributed by atoms with Crippen LogP contribution in [-0.4, -0.2) is 22.2 Å². The molecule has 1 N–H and O–H groups in total. The maximum absolute atomic E-state index is 14.7. The number of halogens is 6. The van der Waals surface area contributed by atoms with Gasteiger partial charge >= 0.3 is 6.36 Å². The first-order valence-electron chi connectivity index (χ1n) is 9.79.